The lowest BCUT2D eigenvalue weighted by atomic mass is 9.99. The molecular weight excluding hydrogens is 208 g/mol. The van der Waals surface area contributed by atoms with Crippen LogP contribution < -0.4 is 10.9 Å². The molecule has 1 unspecified atom stereocenters. The third-order valence-corrected chi connectivity index (χ3v) is 4.86. The number of carbonyl (C=O) groups excluding carboxylic acids is 1. The minimum absolute atomic E-state index is 0.412. The predicted octanol–water partition coefficient (Wildman–Crippen LogP) is 1.49. The van der Waals surface area contributed by atoms with Gasteiger partial charge in [-0.25, -0.2) is 0 Å². The molecule has 2 saturated heterocycles. The summed E-state index contributed by atoms with van der Waals surface area (Å²) in [5.41, 5.74) is 6.51. The van der Waals surface area contributed by atoms with Gasteiger partial charge in [-0.3, -0.25) is 15.6 Å². The van der Waals surface area contributed by atoms with Crippen molar-refractivity contribution >= 4 is 17.5 Å². The lowest BCUT2D eigenvalue weighted by Gasteiger charge is -2.36. The van der Waals surface area contributed by atoms with Crippen molar-refractivity contribution in [1.82, 2.24) is 10.9 Å². The molecule has 2 aliphatic rings. The van der Waals surface area contributed by atoms with Gasteiger partial charge in [-0.2, -0.15) is 11.8 Å². The number of ketones is 1. The van der Waals surface area contributed by atoms with E-state index < -0.39 is 0 Å². The summed E-state index contributed by atoms with van der Waals surface area (Å²) >= 11 is 2.08. The van der Waals surface area contributed by atoms with Crippen molar-refractivity contribution in [2.45, 2.75) is 56.4 Å². The van der Waals surface area contributed by atoms with Gasteiger partial charge in [-0.05, 0) is 12.8 Å². The highest BCUT2D eigenvalue weighted by Gasteiger charge is 2.42. The van der Waals surface area contributed by atoms with E-state index in [-0.39, 0.29) is 0 Å². The van der Waals surface area contributed by atoms with Crippen LogP contribution in [-0.4, -0.2) is 28.9 Å². The molecule has 2 aliphatic heterocycles. The predicted molar refractivity (Wildman–Crippen MR) is 63.9 cm³/mol. The van der Waals surface area contributed by atoms with Crippen LogP contribution in [0.3, 0.4) is 0 Å². The number of rotatable bonds is 6. The van der Waals surface area contributed by atoms with Crippen molar-refractivity contribution in [2.75, 3.05) is 5.75 Å². The van der Waals surface area contributed by atoms with E-state index in [1.165, 1.54) is 18.6 Å². The number of nitrogens with one attached hydrogen (secondary N) is 2. The first-order valence-corrected chi connectivity index (χ1v) is 7.00. The van der Waals surface area contributed by atoms with Gasteiger partial charge in [0.2, 0.25) is 0 Å². The Balaban J connectivity index is 1.56. The summed E-state index contributed by atoms with van der Waals surface area (Å²) in [6.45, 7) is 1.95. The van der Waals surface area contributed by atoms with Crippen LogP contribution in [0.25, 0.3) is 0 Å². The normalized spacial score (nSPS) is 33.5. The molecule has 0 aromatic carbocycles. The van der Waals surface area contributed by atoms with Crippen LogP contribution in [0.5, 0.6) is 0 Å². The van der Waals surface area contributed by atoms with Gasteiger partial charge in [-0.15, -0.1) is 0 Å². The fourth-order valence-electron chi connectivity index (χ4n) is 2.23. The number of unbranched alkanes of at least 4 members (excludes halogenated alkanes) is 1. The third kappa shape index (κ3) is 2.74. The molecule has 3 atom stereocenters. The molecule has 0 saturated carbocycles. The lowest BCUT2D eigenvalue weighted by Crippen LogP contribution is -2.68. The van der Waals surface area contributed by atoms with Crippen LogP contribution in [-0.2, 0) is 4.79 Å². The number of hydrogen-bond acceptors (Lipinski definition) is 4. The van der Waals surface area contributed by atoms with E-state index >= 15 is 0 Å². The standard InChI is InChI=1S/C11H20N2OS/c1-2-8(14)5-3-4-6-10-11-9(7-15-10)12-13-11/h9-13H,2-7H2,1H3/t9-,10-,11?/m0/s1. The van der Waals surface area contributed by atoms with E-state index in [2.05, 4.69) is 22.6 Å². The van der Waals surface area contributed by atoms with Crippen LogP contribution in [0.4, 0.5) is 0 Å². The van der Waals surface area contributed by atoms with Crippen molar-refractivity contribution < 1.29 is 4.79 Å². The summed E-state index contributed by atoms with van der Waals surface area (Å²) in [6, 6.07) is 1.40. The first-order chi connectivity index (χ1) is 7.31. The summed E-state index contributed by atoms with van der Waals surface area (Å²) < 4.78 is 0. The van der Waals surface area contributed by atoms with E-state index in [0.717, 1.165) is 18.1 Å². The minimum atomic E-state index is 0.412. The van der Waals surface area contributed by atoms with Crippen LogP contribution in [0.1, 0.15) is 39.0 Å². The third-order valence-electron chi connectivity index (χ3n) is 3.35. The van der Waals surface area contributed by atoms with Gasteiger partial charge in [0.1, 0.15) is 5.78 Å². The monoisotopic (exact) mass is 228 g/mol. The second-order valence-corrected chi connectivity index (χ2v) is 5.70. The van der Waals surface area contributed by atoms with Crippen LogP contribution >= 0.6 is 11.8 Å². The highest BCUT2D eigenvalue weighted by molar-refractivity contribution is 8.00. The zero-order chi connectivity index (χ0) is 10.7. The van der Waals surface area contributed by atoms with E-state index in [1.54, 1.807) is 0 Å². The van der Waals surface area contributed by atoms with E-state index in [4.69, 9.17) is 0 Å². The van der Waals surface area contributed by atoms with Crippen LogP contribution in [0.2, 0.25) is 0 Å². The topological polar surface area (TPSA) is 41.1 Å². The van der Waals surface area contributed by atoms with Crippen LogP contribution in [0.15, 0.2) is 0 Å². The van der Waals surface area contributed by atoms with Gasteiger partial charge in [-0.1, -0.05) is 13.3 Å². The number of fused-ring (bicyclic) bond motifs is 1. The second kappa shape index (κ2) is 5.32. The Morgan fingerprint density at radius 1 is 1.40 bits per heavy atom. The summed E-state index contributed by atoms with van der Waals surface area (Å²) in [5.74, 6) is 1.66. The van der Waals surface area contributed by atoms with Gasteiger partial charge in [0.25, 0.3) is 0 Å². The van der Waals surface area contributed by atoms with Crippen LogP contribution in [0, 0.1) is 0 Å². The first-order valence-electron chi connectivity index (χ1n) is 5.95. The highest BCUT2D eigenvalue weighted by atomic mass is 32.2. The molecule has 0 aliphatic carbocycles. The molecule has 0 aromatic heterocycles. The summed E-state index contributed by atoms with van der Waals surface area (Å²) in [6.07, 6.45) is 5.03. The maximum Gasteiger partial charge on any atom is 0.132 e. The molecule has 2 rings (SSSR count). The number of Topliss-reactive ketones (excluding diaryl/α,β-unsaturated/α-hetero) is 1. The molecule has 2 N–H and O–H groups in total. The molecular formula is C11H20N2OS. The Hall–Kier alpha value is -0.0600. The number of carbonyl (C=O) groups is 1. The Morgan fingerprint density at radius 3 is 2.87 bits per heavy atom. The molecule has 2 heterocycles. The largest absolute Gasteiger partial charge is 0.300 e. The second-order valence-electron chi connectivity index (χ2n) is 4.43. The highest BCUT2D eigenvalue weighted by Crippen LogP contribution is 2.33. The van der Waals surface area contributed by atoms with E-state index in [9.17, 15) is 4.79 Å². The van der Waals surface area contributed by atoms with Crippen molar-refractivity contribution in [2.24, 2.45) is 0 Å². The lowest BCUT2D eigenvalue weighted by molar-refractivity contribution is -0.118. The van der Waals surface area contributed by atoms with Crippen molar-refractivity contribution in [3.05, 3.63) is 0 Å². The van der Waals surface area contributed by atoms with Gasteiger partial charge in [0.05, 0.1) is 6.04 Å². The molecule has 0 radical (unpaired) electrons. The zero-order valence-electron chi connectivity index (χ0n) is 9.29. The smallest absolute Gasteiger partial charge is 0.132 e. The average Bonchev–Trinajstić information content (AvgIpc) is 2.48. The summed E-state index contributed by atoms with van der Waals surface area (Å²) in [5, 5.41) is 0.771. The van der Waals surface area contributed by atoms with Crippen molar-refractivity contribution in [3.8, 4) is 0 Å². The van der Waals surface area contributed by atoms with Gasteiger partial charge in [0.15, 0.2) is 0 Å². The Morgan fingerprint density at radius 2 is 2.27 bits per heavy atom. The van der Waals surface area contributed by atoms with Gasteiger partial charge >= 0.3 is 0 Å². The number of hydrazine groups is 1. The molecule has 4 heteroatoms. The molecule has 0 amide bonds. The maximum absolute atomic E-state index is 11.1. The van der Waals surface area contributed by atoms with Crippen molar-refractivity contribution in [1.29, 1.82) is 0 Å². The first kappa shape index (κ1) is 11.4. The fourth-order valence-corrected chi connectivity index (χ4v) is 3.78. The molecule has 3 nitrogen and oxygen atoms in total. The maximum atomic E-state index is 11.1. The minimum Gasteiger partial charge on any atom is -0.300 e. The molecule has 0 bridgehead atoms. The average molecular weight is 228 g/mol. The quantitative estimate of drug-likeness (QED) is 0.676. The molecule has 0 spiro atoms. The number of hydrogen-bond donors (Lipinski definition) is 2. The molecule has 2 fully saturated rings. The Bertz CT molecular complexity index is 235. The molecule has 0 aromatic rings. The fraction of sp³-hybridized carbons (Fsp3) is 0.909. The van der Waals surface area contributed by atoms with E-state index in [1.807, 2.05) is 6.92 Å². The number of thioether (sulfide) groups is 1. The van der Waals surface area contributed by atoms with Crippen molar-refractivity contribution in [3.63, 3.8) is 0 Å². The molecule has 15 heavy (non-hydrogen) atoms. The van der Waals surface area contributed by atoms with E-state index in [0.29, 0.717) is 24.3 Å². The SMILES string of the molecule is CCC(=O)CCCC[C@@H]1SC[C@@H]2NNC21. The van der Waals surface area contributed by atoms with Gasteiger partial charge in [0, 0.05) is 29.9 Å². The van der Waals surface area contributed by atoms with Gasteiger partial charge < -0.3 is 0 Å². The Labute approximate surface area is 95.7 Å². The summed E-state index contributed by atoms with van der Waals surface area (Å²) in [7, 11) is 0. The summed E-state index contributed by atoms with van der Waals surface area (Å²) in [4.78, 5) is 11.1. The Kier molecular flexibility index (Phi) is 4.05. The zero-order valence-corrected chi connectivity index (χ0v) is 10.1. The molecule has 86 valence electrons.